The van der Waals surface area contributed by atoms with Gasteiger partial charge in [0.15, 0.2) is 0 Å². The van der Waals surface area contributed by atoms with Gasteiger partial charge in [0.2, 0.25) is 0 Å². The zero-order chi connectivity index (χ0) is 54.8. The summed E-state index contributed by atoms with van der Waals surface area (Å²) < 4.78 is 2.59. The topological polar surface area (TPSA) is 211 Å². The molecule has 1 rings (SSSR count). The van der Waals surface area contributed by atoms with Gasteiger partial charge in [-0.2, -0.15) is 0 Å². The van der Waals surface area contributed by atoms with Gasteiger partial charge in [-0.25, -0.2) is 28.1 Å². The Kier molecular flexibility index (Phi) is 31.8. The molecule has 1 heterocycles. The fourth-order valence-corrected chi connectivity index (χ4v) is 7.04. The van der Waals surface area contributed by atoms with Crippen LogP contribution in [0.15, 0.2) is 44.3 Å². The Bertz CT molecular complexity index is 1760. The highest BCUT2D eigenvalue weighted by Gasteiger charge is 2.24. The molecule has 0 fully saturated rings. The summed E-state index contributed by atoms with van der Waals surface area (Å²) in [5.74, 6) is 1.74. The monoisotopic (exact) mass is 1010 g/mol. The average molecular weight is 1020 g/mol. The Balaban J connectivity index is 3.84. The van der Waals surface area contributed by atoms with Crippen LogP contribution in [0.4, 0.5) is 0 Å². The van der Waals surface area contributed by atoms with Gasteiger partial charge in [0.25, 0.3) is 0 Å². The molecule has 18 nitrogen and oxygen atoms in total. The lowest BCUT2D eigenvalue weighted by Gasteiger charge is -2.27. The molecule has 3 unspecified atom stereocenters. The molecule has 0 bridgehead atoms. The summed E-state index contributed by atoms with van der Waals surface area (Å²) in [5, 5.41) is 35.2. The Morgan fingerprint density at radius 2 is 0.500 bits per heavy atom. The minimum atomic E-state index is -1.21. The van der Waals surface area contributed by atoms with Crippen LogP contribution < -0.4 is 17.1 Å². The van der Waals surface area contributed by atoms with Crippen molar-refractivity contribution in [1.29, 1.82) is 0 Å². The molecule has 0 spiro atoms. The van der Waals surface area contributed by atoms with E-state index in [1.54, 1.807) is 0 Å². The molecular weight excluding hydrogens is 913 g/mol. The number of aliphatic hydroxyl groups is 3. The lowest BCUT2D eigenvalue weighted by Crippen LogP contribution is -2.58. The summed E-state index contributed by atoms with van der Waals surface area (Å²) in [6.45, 7) is 42.0. The van der Waals surface area contributed by atoms with Crippen molar-refractivity contribution in [2.45, 2.75) is 163 Å². The van der Waals surface area contributed by atoms with E-state index in [1.165, 1.54) is 0 Å². The first-order chi connectivity index (χ1) is 33.7. The first kappa shape index (κ1) is 66.2. The highest BCUT2D eigenvalue weighted by atomic mass is 16.3. The largest absolute Gasteiger partial charge is 0.390 e. The fraction of sp³-hybridized carbons (Fsp3) is 0.833. The van der Waals surface area contributed by atoms with E-state index in [4.69, 9.17) is 30.0 Å². The summed E-state index contributed by atoms with van der Waals surface area (Å²) in [6, 6.07) is 0. The van der Waals surface area contributed by atoms with Crippen LogP contribution in [0.1, 0.15) is 125 Å². The molecule has 18 heteroatoms. The van der Waals surface area contributed by atoms with E-state index >= 15 is 0 Å². The van der Waals surface area contributed by atoms with Crippen molar-refractivity contribution < 1.29 is 15.3 Å². The minimum Gasteiger partial charge on any atom is -0.390 e. The van der Waals surface area contributed by atoms with Gasteiger partial charge in [-0.1, -0.05) is 83.1 Å². The van der Waals surface area contributed by atoms with E-state index in [0.29, 0.717) is 78.5 Å². The maximum atomic E-state index is 14.5. The number of aliphatic imine (C=N–C) groups is 6. The second-order valence-electron chi connectivity index (χ2n) is 21.6. The van der Waals surface area contributed by atoms with E-state index in [9.17, 15) is 29.7 Å². The number of hydrogen-bond acceptors (Lipinski definition) is 15. The molecule has 0 aliphatic rings. The first-order valence-corrected chi connectivity index (χ1v) is 26.9. The zero-order valence-electron chi connectivity index (χ0n) is 48.4. The third-order valence-electron chi connectivity index (χ3n) is 13.7. The number of rotatable bonds is 36. The van der Waals surface area contributed by atoms with Gasteiger partial charge in [-0.15, -0.1) is 0 Å². The van der Waals surface area contributed by atoms with Crippen molar-refractivity contribution in [3.63, 3.8) is 0 Å². The van der Waals surface area contributed by atoms with E-state index < -0.39 is 55.0 Å². The highest BCUT2D eigenvalue weighted by molar-refractivity contribution is 5.85. The predicted octanol–water partition coefficient (Wildman–Crippen LogP) is 4.86. The standard InChI is InChI=1S/C54H102N12O6/c1-37(2)43(13)55-19-25-61(26-20-56-44(14)38(3)4)31-49(67)34-64-52(70)65(35-50(68)32-62(27-21-57-45(15)39(5)6)28-22-58-46(16)40(7)8)54(72)66(53(64)71)36-51(69)33-63(29-23-59-47(17)41(9)10)30-24-60-48(18)42(11)12/h37-42,49-51,67-69H,19-36H2,1-18H3. The van der Waals surface area contributed by atoms with Crippen molar-refractivity contribution >= 4 is 34.3 Å². The Labute approximate surface area is 434 Å². The van der Waals surface area contributed by atoms with E-state index in [0.717, 1.165) is 48.0 Å². The van der Waals surface area contributed by atoms with Crippen LogP contribution in [-0.4, -0.2) is 194 Å². The van der Waals surface area contributed by atoms with Crippen LogP contribution in [0.5, 0.6) is 0 Å². The Hall–Kier alpha value is -3.81. The molecular formula is C54H102N12O6. The van der Waals surface area contributed by atoms with E-state index in [2.05, 4.69) is 83.1 Å². The number of aromatic nitrogens is 3. The van der Waals surface area contributed by atoms with Crippen LogP contribution in [0.2, 0.25) is 0 Å². The summed E-state index contributed by atoms with van der Waals surface area (Å²) in [5.41, 5.74) is 3.25. The molecule has 0 saturated heterocycles. The van der Waals surface area contributed by atoms with Crippen LogP contribution in [-0.2, 0) is 19.6 Å². The maximum absolute atomic E-state index is 14.5. The van der Waals surface area contributed by atoms with Gasteiger partial charge in [-0.3, -0.25) is 44.7 Å². The molecule has 0 aromatic carbocycles. The molecule has 0 aliphatic heterocycles. The maximum Gasteiger partial charge on any atom is 0.336 e. The molecule has 1 aromatic heterocycles. The Morgan fingerprint density at radius 3 is 0.639 bits per heavy atom. The SMILES string of the molecule is CC(=NCCN(CCN=C(C)C(C)C)CC(O)Cn1c(=O)n(CC(O)CN(CCN=C(C)C(C)C)CCN=C(C)C(C)C)c(=O)n(CC(O)CN(CCN=C(C)C(C)C)CCN=C(C)C(C)C)c1=O)C(C)C. The van der Waals surface area contributed by atoms with E-state index in [-0.39, 0.29) is 55.1 Å². The van der Waals surface area contributed by atoms with Crippen molar-refractivity contribution in [2.24, 2.45) is 65.5 Å². The van der Waals surface area contributed by atoms with Crippen molar-refractivity contribution in [3.8, 4) is 0 Å². The molecule has 414 valence electrons. The molecule has 0 aliphatic carbocycles. The zero-order valence-corrected chi connectivity index (χ0v) is 48.4. The normalized spacial score (nSPS) is 15.4. The highest BCUT2D eigenvalue weighted by Crippen LogP contribution is 2.06. The Morgan fingerprint density at radius 1 is 0.347 bits per heavy atom. The van der Waals surface area contributed by atoms with E-state index in [1.807, 2.05) is 56.2 Å². The number of aliphatic hydroxyl groups excluding tert-OH is 3. The molecule has 72 heavy (non-hydrogen) atoms. The second-order valence-corrected chi connectivity index (χ2v) is 21.6. The quantitative estimate of drug-likeness (QED) is 0.0783. The second kappa shape index (κ2) is 34.6. The fourth-order valence-electron chi connectivity index (χ4n) is 7.04. The first-order valence-electron chi connectivity index (χ1n) is 26.9. The van der Waals surface area contributed by atoms with Crippen LogP contribution in [0.3, 0.4) is 0 Å². The molecule has 3 N–H and O–H groups in total. The minimum absolute atomic E-state index is 0.0989. The molecule has 3 atom stereocenters. The molecule has 0 radical (unpaired) electrons. The number of hydrogen-bond donors (Lipinski definition) is 3. The summed E-state index contributed by atoms with van der Waals surface area (Å²) in [4.78, 5) is 77.8. The number of nitrogens with zero attached hydrogens (tertiary/aromatic N) is 12. The van der Waals surface area contributed by atoms with Crippen LogP contribution in [0, 0.1) is 35.5 Å². The third-order valence-corrected chi connectivity index (χ3v) is 13.7. The summed E-state index contributed by atoms with van der Waals surface area (Å²) in [7, 11) is 0. The smallest absolute Gasteiger partial charge is 0.336 e. The lowest BCUT2D eigenvalue weighted by molar-refractivity contribution is 0.0833. The van der Waals surface area contributed by atoms with Gasteiger partial charge in [0, 0.05) is 93.2 Å². The van der Waals surface area contributed by atoms with Gasteiger partial charge in [0.1, 0.15) is 0 Å². The van der Waals surface area contributed by atoms with Crippen molar-refractivity contribution in [3.05, 3.63) is 31.5 Å². The van der Waals surface area contributed by atoms with Crippen LogP contribution >= 0.6 is 0 Å². The van der Waals surface area contributed by atoms with Gasteiger partial charge < -0.3 is 15.3 Å². The lowest BCUT2D eigenvalue weighted by atomic mass is 10.1. The average Bonchev–Trinajstić information content (AvgIpc) is 3.29. The molecule has 1 aromatic rings. The predicted molar refractivity (Wildman–Crippen MR) is 303 cm³/mol. The van der Waals surface area contributed by atoms with Crippen molar-refractivity contribution in [2.75, 3.05) is 98.2 Å². The molecule has 0 saturated carbocycles. The van der Waals surface area contributed by atoms with Crippen LogP contribution in [0.25, 0.3) is 0 Å². The van der Waals surface area contributed by atoms with Gasteiger partial charge >= 0.3 is 17.1 Å². The third kappa shape index (κ3) is 25.9. The van der Waals surface area contributed by atoms with Crippen molar-refractivity contribution in [1.82, 2.24) is 28.4 Å². The van der Waals surface area contributed by atoms with Gasteiger partial charge in [-0.05, 0) is 77.0 Å². The summed E-state index contributed by atoms with van der Waals surface area (Å²) >= 11 is 0. The molecule has 0 amide bonds. The van der Waals surface area contributed by atoms with Gasteiger partial charge in [0.05, 0.1) is 77.2 Å². The summed E-state index contributed by atoms with van der Waals surface area (Å²) in [6.07, 6.45) is -3.64.